The number of aryl methyl sites for hydroxylation is 1. The van der Waals surface area contributed by atoms with E-state index in [0.717, 1.165) is 22.7 Å². The molecular weight excluding hydrogens is 370 g/mol. The van der Waals surface area contributed by atoms with Gasteiger partial charge in [-0.15, -0.1) is 0 Å². The second-order valence-electron chi connectivity index (χ2n) is 6.67. The molecule has 0 spiro atoms. The van der Waals surface area contributed by atoms with Crippen LogP contribution in [-0.4, -0.2) is 57.5 Å². The number of carbonyl (C=O) groups excluding carboxylic acids is 1. The number of carbonyl (C=O) groups is 1. The van der Waals surface area contributed by atoms with Crippen molar-refractivity contribution < 1.29 is 14.3 Å². The fraction of sp³-hybridized carbons (Fsp3) is 0.286. The van der Waals surface area contributed by atoms with Crippen molar-refractivity contribution in [3.63, 3.8) is 0 Å². The van der Waals surface area contributed by atoms with Crippen LogP contribution in [0.5, 0.6) is 5.75 Å². The molecule has 0 radical (unpaired) electrons. The first kappa shape index (κ1) is 18.9. The predicted molar refractivity (Wildman–Crippen MR) is 105 cm³/mol. The Morgan fingerprint density at radius 3 is 2.62 bits per heavy atom. The number of benzene rings is 1. The van der Waals surface area contributed by atoms with E-state index in [2.05, 4.69) is 19.9 Å². The van der Waals surface area contributed by atoms with Gasteiger partial charge in [-0.05, 0) is 31.2 Å². The van der Waals surface area contributed by atoms with Crippen molar-refractivity contribution in [3.8, 4) is 17.0 Å². The quantitative estimate of drug-likeness (QED) is 0.675. The van der Waals surface area contributed by atoms with Crippen LogP contribution in [0.1, 0.15) is 28.0 Å². The molecule has 0 aliphatic carbocycles. The Bertz CT molecular complexity index is 992. The molecule has 1 aromatic carbocycles. The predicted octanol–water partition coefficient (Wildman–Crippen LogP) is 2.46. The van der Waals surface area contributed by atoms with Crippen molar-refractivity contribution in [3.05, 3.63) is 66.1 Å². The van der Waals surface area contributed by atoms with E-state index in [1.54, 1.807) is 30.6 Å². The summed E-state index contributed by atoms with van der Waals surface area (Å²) in [5.41, 5.74) is 3.43. The van der Waals surface area contributed by atoms with Crippen LogP contribution in [-0.2, 0) is 4.74 Å². The SMILES string of the molecule is COc1ccc(-c2nccnc2[C@H]2CN(C(=O)c3cnc(C)cn3)CCO2)cc1. The average Bonchev–Trinajstić information content (AvgIpc) is 2.79. The minimum Gasteiger partial charge on any atom is -0.497 e. The molecule has 148 valence electrons. The Morgan fingerprint density at radius 1 is 1.10 bits per heavy atom. The highest BCUT2D eigenvalue weighted by molar-refractivity contribution is 5.92. The zero-order chi connectivity index (χ0) is 20.2. The number of hydrogen-bond acceptors (Lipinski definition) is 7. The molecule has 0 saturated carbocycles. The van der Waals surface area contributed by atoms with Crippen LogP contribution in [0.2, 0.25) is 0 Å². The summed E-state index contributed by atoms with van der Waals surface area (Å²) in [6, 6.07) is 7.61. The summed E-state index contributed by atoms with van der Waals surface area (Å²) in [4.78, 5) is 31.9. The van der Waals surface area contributed by atoms with Crippen LogP contribution in [0.15, 0.2) is 49.1 Å². The second kappa shape index (κ2) is 8.32. The molecule has 1 saturated heterocycles. The van der Waals surface area contributed by atoms with Crippen LogP contribution in [0.4, 0.5) is 0 Å². The highest BCUT2D eigenvalue weighted by Crippen LogP contribution is 2.30. The molecule has 1 atom stereocenters. The Hall–Kier alpha value is -3.39. The van der Waals surface area contributed by atoms with Crippen molar-refractivity contribution in [2.24, 2.45) is 0 Å². The summed E-state index contributed by atoms with van der Waals surface area (Å²) in [6.45, 7) is 3.11. The number of amides is 1. The minimum absolute atomic E-state index is 0.166. The molecule has 1 amide bonds. The summed E-state index contributed by atoms with van der Waals surface area (Å²) in [6.07, 6.45) is 6.01. The molecular formula is C21H21N5O3. The highest BCUT2D eigenvalue weighted by atomic mass is 16.5. The smallest absolute Gasteiger partial charge is 0.274 e. The van der Waals surface area contributed by atoms with Gasteiger partial charge in [-0.3, -0.25) is 19.7 Å². The van der Waals surface area contributed by atoms with Gasteiger partial charge in [0.05, 0.1) is 43.5 Å². The molecule has 8 nitrogen and oxygen atoms in total. The summed E-state index contributed by atoms with van der Waals surface area (Å²) < 4.78 is 11.2. The lowest BCUT2D eigenvalue weighted by Gasteiger charge is -2.33. The van der Waals surface area contributed by atoms with Crippen LogP contribution >= 0.6 is 0 Å². The molecule has 3 aromatic rings. The van der Waals surface area contributed by atoms with Gasteiger partial charge in [-0.25, -0.2) is 4.98 Å². The number of aromatic nitrogens is 4. The van der Waals surface area contributed by atoms with Crippen LogP contribution < -0.4 is 4.74 Å². The van der Waals surface area contributed by atoms with Gasteiger partial charge in [-0.1, -0.05) is 0 Å². The number of nitrogens with zero attached hydrogens (tertiary/aromatic N) is 5. The van der Waals surface area contributed by atoms with E-state index in [-0.39, 0.29) is 12.0 Å². The van der Waals surface area contributed by atoms with Gasteiger partial charge in [0.15, 0.2) is 0 Å². The maximum atomic E-state index is 12.8. The maximum Gasteiger partial charge on any atom is 0.274 e. The van der Waals surface area contributed by atoms with Gasteiger partial charge in [0.2, 0.25) is 0 Å². The third-order valence-electron chi connectivity index (χ3n) is 4.75. The second-order valence-corrected chi connectivity index (χ2v) is 6.67. The third-order valence-corrected chi connectivity index (χ3v) is 4.75. The number of methoxy groups -OCH3 is 1. The number of hydrogen-bond donors (Lipinski definition) is 0. The molecule has 1 aliphatic heterocycles. The fourth-order valence-electron chi connectivity index (χ4n) is 3.22. The first-order chi connectivity index (χ1) is 14.2. The van der Waals surface area contributed by atoms with Crippen molar-refractivity contribution in [1.82, 2.24) is 24.8 Å². The summed E-state index contributed by atoms with van der Waals surface area (Å²) in [5.74, 6) is 0.602. The standard InChI is InChI=1S/C21H21N5O3/c1-14-11-25-17(12-24-14)21(27)26-9-10-29-18(13-26)20-19(22-7-8-23-20)15-3-5-16(28-2)6-4-15/h3-8,11-12,18H,9-10,13H2,1-2H3/t18-/m1/s1. The van der Waals surface area contributed by atoms with Gasteiger partial charge in [0.25, 0.3) is 5.91 Å². The van der Waals surface area contributed by atoms with Crippen LogP contribution in [0.3, 0.4) is 0 Å². The van der Waals surface area contributed by atoms with E-state index in [0.29, 0.717) is 31.1 Å². The van der Waals surface area contributed by atoms with Gasteiger partial charge < -0.3 is 14.4 Å². The van der Waals surface area contributed by atoms with Crippen LogP contribution in [0.25, 0.3) is 11.3 Å². The topological polar surface area (TPSA) is 90.3 Å². The van der Waals surface area contributed by atoms with Gasteiger partial charge in [0, 0.05) is 30.7 Å². The molecule has 2 aromatic heterocycles. The van der Waals surface area contributed by atoms with Gasteiger partial charge in [-0.2, -0.15) is 0 Å². The number of ether oxygens (including phenoxy) is 2. The summed E-state index contributed by atoms with van der Waals surface area (Å²) in [7, 11) is 1.63. The van der Waals surface area contributed by atoms with E-state index >= 15 is 0 Å². The third kappa shape index (κ3) is 4.07. The molecule has 1 fully saturated rings. The number of rotatable bonds is 4. The largest absolute Gasteiger partial charge is 0.497 e. The van der Waals surface area contributed by atoms with Crippen molar-refractivity contribution in [2.45, 2.75) is 13.0 Å². The first-order valence-corrected chi connectivity index (χ1v) is 9.30. The highest BCUT2D eigenvalue weighted by Gasteiger charge is 2.29. The van der Waals surface area contributed by atoms with Crippen LogP contribution in [0, 0.1) is 6.92 Å². The van der Waals surface area contributed by atoms with Gasteiger partial charge in [0.1, 0.15) is 17.5 Å². The van der Waals surface area contributed by atoms with E-state index < -0.39 is 0 Å². The Labute approximate surface area is 168 Å². The Balaban J connectivity index is 1.58. The monoisotopic (exact) mass is 391 g/mol. The molecule has 1 aliphatic rings. The molecule has 0 N–H and O–H groups in total. The average molecular weight is 391 g/mol. The molecule has 0 unspecified atom stereocenters. The van der Waals surface area contributed by atoms with E-state index in [9.17, 15) is 4.79 Å². The van der Waals surface area contributed by atoms with E-state index in [1.807, 2.05) is 31.2 Å². The Kier molecular flexibility index (Phi) is 5.44. The van der Waals surface area contributed by atoms with Crippen molar-refractivity contribution in [1.29, 1.82) is 0 Å². The minimum atomic E-state index is -0.378. The summed E-state index contributed by atoms with van der Waals surface area (Å²) >= 11 is 0. The van der Waals surface area contributed by atoms with Gasteiger partial charge >= 0.3 is 0 Å². The summed E-state index contributed by atoms with van der Waals surface area (Å²) in [5, 5.41) is 0. The number of morpholine rings is 1. The zero-order valence-corrected chi connectivity index (χ0v) is 16.3. The molecule has 3 heterocycles. The molecule has 29 heavy (non-hydrogen) atoms. The molecule has 8 heteroatoms. The lowest BCUT2D eigenvalue weighted by Crippen LogP contribution is -2.43. The first-order valence-electron chi connectivity index (χ1n) is 9.30. The maximum absolute atomic E-state index is 12.8. The lowest BCUT2D eigenvalue weighted by molar-refractivity contribution is -0.0248. The molecule has 0 bridgehead atoms. The van der Waals surface area contributed by atoms with Crippen molar-refractivity contribution in [2.75, 3.05) is 26.8 Å². The lowest BCUT2D eigenvalue weighted by atomic mass is 10.0. The van der Waals surface area contributed by atoms with E-state index in [1.165, 1.54) is 6.20 Å². The fourth-order valence-corrected chi connectivity index (χ4v) is 3.22. The molecule has 4 rings (SSSR count). The van der Waals surface area contributed by atoms with Crippen molar-refractivity contribution >= 4 is 5.91 Å². The normalized spacial score (nSPS) is 16.5. The Morgan fingerprint density at radius 2 is 1.90 bits per heavy atom. The zero-order valence-electron chi connectivity index (χ0n) is 16.3. The van der Waals surface area contributed by atoms with E-state index in [4.69, 9.17) is 9.47 Å².